The highest BCUT2D eigenvalue weighted by Gasteiger charge is 2.24. The second-order valence-corrected chi connectivity index (χ2v) is 4.32. The van der Waals surface area contributed by atoms with Gasteiger partial charge in [0.15, 0.2) is 0 Å². The van der Waals surface area contributed by atoms with E-state index in [2.05, 4.69) is 0 Å². The van der Waals surface area contributed by atoms with Crippen LogP contribution in [0.4, 0.5) is 0 Å². The zero-order valence-electron chi connectivity index (χ0n) is 9.03. The molecule has 0 aliphatic carbocycles. The van der Waals surface area contributed by atoms with E-state index in [1.54, 1.807) is 18.2 Å². The van der Waals surface area contributed by atoms with Crippen molar-refractivity contribution in [2.75, 3.05) is 12.4 Å². The Kier molecular flexibility index (Phi) is 3.92. The zero-order chi connectivity index (χ0) is 12.3. The van der Waals surface area contributed by atoms with Gasteiger partial charge >= 0.3 is 0 Å². The van der Waals surface area contributed by atoms with E-state index in [4.69, 9.17) is 27.9 Å². The van der Waals surface area contributed by atoms with E-state index in [-0.39, 0.29) is 11.1 Å². The van der Waals surface area contributed by atoms with Gasteiger partial charge in [-0.1, -0.05) is 23.7 Å². The van der Waals surface area contributed by atoms with Gasteiger partial charge in [0.05, 0.1) is 5.56 Å². The molecule has 0 fully saturated rings. The van der Waals surface area contributed by atoms with E-state index in [0.717, 1.165) is 0 Å². The van der Waals surface area contributed by atoms with Crippen LogP contribution in [0, 0.1) is 0 Å². The van der Waals surface area contributed by atoms with Crippen LogP contribution < -0.4 is 4.74 Å². The van der Waals surface area contributed by atoms with Gasteiger partial charge in [0.1, 0.15) is 17.2 Å². The van der Waals surface area contributed by atoms with Gasteiger partial charge in [-0.2, -0.15) is 0 Å². The van der Waals surface area contributed by atoms with Gasteiger partial charge in [-0.15, -0.1) is 11.6 Å². The van der Waals surface area contributed by atoms with Gasteiger partial charge in [0.2, 0.25) is 0 Å². The fourth-order valence-electron chi connectivity index (χ4n) is 1.59. The quantitative estimate of drug-likeness (QED) is 0.624. The Morgan fingerprint density at radius 3 is 2.82 bits per heavy atom. The summed E-state index contributed by atoms with van der Waals surface area (Å²) in [5.74, 6) is 0.838. The first-order valence-corrected chi connectivity index (χ1v) is 6.14. The first-order chi connectivity index (χ1) is 8.24. The maximum atomic E-state index is 12.2. The number of benzene rings is 1. The summed E-state index contributed by atoms with van der Waals surface area (Å²) < 4.78 is 5.35. The number of ether oxygens (including phenoxy) is 1. The molecule has 1 aliphatic heterocycles. The molecule has 3 nitrogen and oxygen atoms in total. The normalized spacial score (nSPS) is 14.8. The smallest absolute Gasteiger partial charge is 0.262 e. The van der Waals surface area contributed by atoms with Crippen molar-refractivity contribution in [2.45, 2.75) is 6.42 Å². The summed E-state index contributed by atoms with van der Waals surface area (Å²) in [6, 6.07) is 7.05. The molecule has 5 heteroatoms. The number of para-hydroxylation sites is 1. The Morgan fingerprint density at radius 1 is 1.29 bits per heavy atom. The number of carbonyl (C=O) groups is 1. The van der Waals surface area contributed by atoms with Gasteiger partial charge in [0.25, 0.3) is 5.91 Å². The number of amides is 1. The molecule has 0 N–H and O–H groups in total. The Morgan fingerprint density at radius 2 is 2.06 bits per heavy atom. The minimum absolute atomic E-state index is 0.163. The summed E-state index contributed by atoms with van der Waals surface area (Å²) in [4.78, 5) is 13.7. The lowest BCUT2D eigenvalue weighted by Crippen LogP contribution is -2.29. The highest BCUT2D eigenvalue weighted by atomic mass is 35.5. The molecule has 0 unspecified atom stereocenters. The molecular weight excluding hydrogens is 261 g/mol. The molecule has 0 atom stereocenters. The topological polar surface area (TPSA) is 29.5 Å². The van der Waals surface area contributed by atoms with Crippen LogP contribution in [0.3, 0.4) is 0 Å². The van der Waals surface area contributed by atoms with Gasteiger partial charge in [-0.25, -0.2) is 0 Å². The molecule has 1 aliphatic rings. The largest absolute Gasteiger partial charge is 0.461 e. The Bertz CT molecular complexity index is 460. The predicted molar refractivity (Wildman–Crippen MR) is 67.4 cm³/mol. The Labute approximate surface area is 110 Å². The number of alkyl halides is 1. The van der Waals surface area contributed by atoms with Crippen LogP contribution >= 0.6 is 23.2 Å². The Hall–Kier alpha value is -1.19. The molecular formula is C12H11Cl2NO2. The third-order valence-corrected chi connectivity index (χ3v) is 2.98. The highest BCUT2D eigenvalue weighted by molar-refractivity contribution is 6.30. The molecule has 1 aromatic rings. The number of carbonyl (C=O) groups excluding carboxylic acids is 1. The van der Waals surface area contributed by atoms with Crippen LogP contribution in [-0.4, -0.2) is 23.2 Å². The van der Waals surface area contributed by atoms with E-state index in [1.807, 2.05) is 6.07 Å². The van der Waals surface area contributed by atoms with Gasteiger partial charge < -0.3 is 4.74 Å². The van der Waals surface area contributed by atoms with Crippen LogP contribution in [0.1, 0.15) is 16.8 Å². The van der Waals surface area contributed by atoms with E-state index in [9.17, 15) is 4.79 Å². The SMILES string of the molecule is O=C1c2ccccc2OC=C(Cl)N1CCCCl. The summed E-state index contributed by atoms with van der Waals surface area (Å²) in [5.41, 5.74) is 0.508. The van der Waals surface area contributed by atoms with Crippen LogP contribution in [-0.2, 0) is 0 Å². The standard InChI is InChI=1S/C12H11Cl2NO2/c13-6-3-7-15-11(14)8-17-10-5-2-1-4-9(10)12(15)16/h1-2,4-5,8H,3,6-7H2. The fraction of sp³-hybridized carbons (Fsp3) is 0.250. The molecule has 1 heterocycles. The molecule has 0 spiro atoms. The third kappa shape index (κ3) is 2.56. The molecule has 0 bridgehead atoms. The molecule has 1 aromatic carbocycles. The van der Waals surface area contributed by atoms with E-state index >= 15 is 0 Å². The minimum Gasteiger partial charge on any atom is -0.461 e. The summed E-state index contributed by atoms with van der Waals surface area (Å²) in [7, 11) is 0. The maximum Gasteiger partial charge on any atom is 0.262 e. The maximum absolute atomic E-state index is 12.2. The highest BCUT2D eigenvalue weighted by Crippen LogP contribution is 2.27. The lowest BCUT2D eigenvalue weighted by molar-refractivity contribution is 0.0818. The number of halogens is 2. The van der Waals surface area contributed by atoms with Crippen molar-refractivity contribution < 1.29 is 9.53 Å². The van der Waals surface area contributed by atoms with E-state index in [0.29, 0.717) is 30.2 Å². The summed E-state index contributed by atoms with van der Waals surface area (Å²) in [6.45, 7) is 0.482. The van der Waals surface area contributed by atoms with Crippen LogP contribution in [0.5, 0.6) is 5.75 Å². The second kappa shape index (κ2) is 5.43. The lowest BCUT2D eigenvalue weighted by Gasteiger charge is -2.19. The average Bonchev–Trinajstić information content (AvgIpc) is 2.47. The molecule has 2 rings (SSSR count). The summed E-state index contributed by atoms with van der Waals surface area (Å²) >= 11 is 11.6. The number of rotatable bonds is 3. The van der Waals surface area contributed by atoms with Crippen LogP contribution in [0.25, 0.3) is 0 Å². The number of fused-ring (bicyclic) bond motifs is 1. The van der Waals surface area contributed by atoms with Gasteiger partial charge in [0, 0.05) is 12.4 Å². The van der Waals surface area contributed by atoms with Crippen LogP contribution in [0.2, 0.25) is 0 Å². The number of hydrogen-bond donors (Lipinski definition) is 0. The molecule has 0 saturated heterocycles. The fourth-order valence-corrected chi connectivity index (χ4v) is 1.92. The molecule has 1 amide bonds. The second-order valence-electron chi connectivity index (χ2n) is 3.55. The first kappa shape index (κ1) is 12.3. The predicted octanol–water partition coefficient (Wildman–Crippen LogP) is 3.19. The first-order valence-electron chi connectivity index (χ1n) is 5.23. The molecule has 0 aromatic heterocycles. The van der Waals surface area contributed by atoms with Crippen LogP contribution in [0.15, 0.2) is 35.7 Å². The van der Waals surface area contributed by atoms with Gasteiger partial charge in [-0.05, 0) is 18.6 Å². The van der Waals surface area contributed by atoms with Crippen molar-refractivity contribution in [3.05, 3.63) is 41.2 Å². The molecule has 0 saturated carbocycles. The molecule has 0 radical (unpaired) electrons. The van der Waals surface area contributed by atoms with E-state index < -0.39 is 0 Å². The molecule has 17 heavy (non-hydrogen) atoms. The third-order valence-electron chi connectivity index (χ3n) is 2.42. The monoisotopic (exact) mass is 271 g/mol. The van der Waals surface area contributed by atoms with Crippen molar-refractivity contribution >= 4 is 29.1 Å². The lowest BCUT2D eigenvalue weighted by atomic mass is 10.2. The van der Waals surface area contributed by atoms with E-state index in [1.165, 1.54) is 11.2 Å². The number of hydrogen-bond acceptors (Lipinski definition) is 2. The number of nitrogens with zero attached hydrogens (tertiary/aromatic N) is 1. The minimum atomic E-state index is -0.163. The van der Waals surface area contributed by atoms with Crippen molar-refractivity contribution in [3.8, 4) is 5.75 Å². The Balaban J connectivity index is 2.33. The van der Waals surface area contributed by atoms with Crippen molar-refractivity contribution in [1.82, 2.24) is 4.90 Å². The zero-order valence-corrected chi connectivity index (χ0v) is 10.5. The summed E-state index contributed by atoms with van der Waals surface area (Å²) in [6.07, 6.45) is 2.05. The van der Waals surface area contributed by atoms with Crippen molar-refractivity contribution in [3.63, 3.8) is 0 Å². The van der Waals surface area contributed by atoms with Crippen molar-refractivity contribution in [1.29, 1.82) is 0 Å². The van der Waals surface area contributed by atoms with Crippen molar-refractivity contribution in [2.24, 2.45) is 0 Å². The van der Waals surface area contributed by atoms with Gasteiger partial charge in [-0.3, -0.25) is 9.69 Å². The summed E-state index contributed by atoms with van der Waals surface area (Å²) in [5, 5.41) is 0.274. The molecule has 90 valence electrons. The average molecular weight is 272 g/mol.